The van der Waals surface area contributed by atoms with Crippen LogP contribution in [0.4, 0.5) is 5.69 Å². The SMILES string of the molecule is O=C(CSc1nnc(-c2ccc([N+](=O)[O-])cc2)n1-c1ccccc1)NC1CCCCC1. The molecule has 1 heterocycles. The second-order valence-electron chi connectivity index (χ2n) is 7.47. The summed E-state index contributed by atoms with van der Waals surface area (Å²) in [7, 11) is 0. The van der Waals surface area contributed by atoms with E-state index in [2.05, 4.69) is 15.5 Å². The van der Waals surface area contributed by atoms with Crippen LogP contribution in [-0.4, -0.2) is 37.4 Å². The summed E-state index contributed by atoms with van der Waals surface area (Å²) >= 11 is 1.33. The third kappa shape index (κ3) is 5.11. The smallest absolute Gasteiger partial charge is 0.269 e. The zero-order valence-electron chi connectivity index (χ0n) is 16.9. The molecule has 3 aromatic rings. The molecule has 2 aromatic carbocycles. The van der Waals surface area contributed by atoms with Gasteiger partial charge in [0.25, 0.3) is 5.69 Å². The summed E-state index contributed by atoms with van der Waals surface area (Å²) in [5.41, 5.74) is 1.58. The van der Waals surface area contributed by atoms with Crippen molar-refractivity contribution in [3.05, 3.63) is 64.7 Å². The number of nitrogens with one attached hydrogen (secondary N) is 1. The Morgan fingerprint density at radius 3 is 2.45 bits per heavy atom. The predicted molar refractivity (Wildman–Crippen MR) is 119 cm³/mol. The average Bonchev–Trinajstić information content (AvgIpc) is 3.23. The maximum absolute atomic E-state index is 12.5. The van der Waals surface area contributed by atoms with E-state index in [4.69, 9.17) is 0 Å². The zero-order chi connectivity index (χ0) is 21.6. The lowest BCUT2D eigenvalue weighted by atomic mass is 9.95. The maximum atomic E-state index is 12.5. The molecule has 160 valence electrons. The minimum Gasteiger partial charge on any atom is -0.353 e. The molecule has 31 heavy (non-hydrogen) atoms. The van der Waals surface area contributed by atoms with Crippen molar-refractivity contribution in [3.63, 3.8) is 0 Å². The molecular formula is C22H23N5O3S. The van der Waals surface area contributed by atoms with Gasteiger partial charge in [0.2, 0.25) is 5.91 Å². The van der Waals surface area contributed by atoms with Gasteiger partial charge < -0.3 is 5.32 Å². The number of carbonyl (C=O) groups excluding carboxylic acids is 1. The number of nitro benzene ring substituents is 1. The largest absolute Gasteiger partial charge is 0.353 e. The van der Waals surface area contributed by atoms with Gasteiger partial charge in [0.05, 0.1) is 10.7 Å². The highest BCUT2D eigenvalue weighted by molar-refractivity contribution is 7.99. The number of hydrogen-bond acceptors (Lipinski definition) is 6. The van der Waals surface area contributed by atoms with Gasteiger partial charge in [-0.1, -0.05) is 49.2 Å². The molecule has 0 radical (unpaired) electrons. The molecule has 1 aliphatic carbocycles. The molecule has 8 nitrogen and oxygen atoms in total. The maximum Gasteiger partial charge on any atom is 0.269 e. The lowest BCUT2D eigenvalue weighted by molar-refractivity contribution is -0.384. The number of carbonyl (C=O) groups is 1. The van der Waals surface area contributed by atoms with E-state index >= 15 is 0 Å². The lowest BCUT2D eigenvalue weighted by Crippen LogP contribution is -2.37. The molecule has 0 atom stereocenters. The second kappa shape index (κ2) is 9.74. The Balaban J connectivity index is 1.56. The van der Waals surface area contributed by atoms with E-state index in [9.17, 15) is 14.9 Å². The Bertz CT molecular complexity index is 1050. The summed E-state index contributed by atoms with van der Waals surface area (Å²) < 4.78 is 1.87. The van der Waals surface area contributed by atoms with Gasteiger partial charge in [-0.25, -0.2) is 0 Å². The number of nitro groups is 1. The van der Waals surface area contributed by atoms with Crippen LogP contribution >= 0.6 is 11.8 Å². The van der Waals surface area contributed by atoms with Crippen molar-refractivity contribution in [1.29, 1.82) is 0 Å². The van der Waals surface area contributed by atoms with Crippen molar-refractivity contribution in [2.75, 3.05) is 5.75 Å². The number of benzene rings is 2. The van der Waals surface area contributed by atoms with Crippen molar-refractivity contribution in [2.45, 2.75) is 43.3 Å². The van der Waals surface area contributed by atoms with Crippen LogP contribution in [0.25, 0.3) is 17.1 Å². The van der Waals surface area contributed by atoms with Gasteiger partial charge in [0.15, 0.2) is 11.0 Å². The van der Waals surface area contributed by atoms with Crippen LogP contribution in [-0.2, 0) is 4.79 Å². The summed E-state index contributed by atoms with van der Waals surface area (Å²) in [5, 5.41) is 23.3. The van der Waals surface area contributed by atoms with Crippen LogP contribution in [0.2, 0.25) is 0 Å². The molecule has 0 aliphatic heterocycles. The quantitative estimate of drug-likeness (QED) is 0.334. The predicted octanol–water partition coefficient (Wildman–Crippen LogP) is 4.38. The van der Waals surface area contributed by atoms with Crippen molar-refractivity contribution < 1.29 is 9.72 Å². The van der Waals surface area contributed by atoms with Crippen molar-refractivity contribution in [1.82, 2.24) is 20.1 Å². The molecule has 1 saturated carbocycles. The van der Waals surface area contributed by atoms with Crippen LogP contribution in [0.1, 0.15) is 32.1 Å². The van der Waals surface area contributed by atoms with Crippen LogP contribution in [0.3, 0.4) is 0 Å². The fourth-order valence-corrected chi connectivity index (χ4v) is 4.50. The fourth-order valence-electron chi connectivity index (χ4n) is 3.74. The number of para-hydroxylation sites is 1. The molecule has 0 saturated heterocycles. The lowest BCUT2D eigenvalue weighted by Gasteiger charge is -2.22. The molecule has 0 unspecified atom stereocenters. The van der Waals surface area contributed by atoms with E-state index in [1.807, 2.05) is 34.9 Å². The summed E-state index contributed by atoms with van der Waals surface area (Å²) in [6.45, 7) is 0. The van der Waals surface area contributed by atoms with Crippen LogP contribution in [0.15, 0.2) is 59.8 Å². The minimum atomic E-state index is -0.433. The number of nitrogens with zero attached hydrogens (tertiary/aromatic N) is 4. The first-order valence-electron chi connectivity index (χ1n) is 10.3. The van der Waals surface area contributed by atoms with Crippen LogP contribution in [0, 0.1) is 10.1 Å². The van der Waals surface area contributed by atoms with E-state index in [0.717, 1.165) is 18.5 Å². The Morgan fingerprint density at radius 2 is 1.77 bits per heavy atom. The van der Waals surface area contributed by atoms with Crippen molar-refractivity contribution >= 4 is 23.4 Å². The Morgan fingerprint density at radius 1 is 1.06 bits per heavy atom. The van der Waals surface area contributed by atoms with E-state index in [1.54, 1.807) is 12.1 Å². The summed E-state index contributed by atoms with van der Waals surface area (Å²) in [6, 6.07) is 16.1. The number of thioether (sulfide) groups is 1. The molecule has 4 rings (SSSR count). The summed E-state index contributed by atoms with van der Waals surface area (Å²) in [5.74, 6) is 0.814. The first-order chi connectivity index (χ1) is 15.1. The highest BCUT2D eigenvalue weighted by Gasteiger charge is 2.20. The fraction of sp³-hybridized carbons (Fsp3) is 0.318. The number of aromatic nitrogens is 3. The Hall–Kier alpha value is -3.20. The average molecular weight is 438 g/mol. The number of non-ortho nitro benzene ring substituents is 1. The van der Waals surface area contributed by atoms with E-state index in [1.165, 1.54) is 43.2 Å². The number of rotatable bonds is 7. The standard InChI is InChI=1S/C22H23N5O3S/c28-20(23-17-7-3-1-4-8-17)15-31-22-25-24-21(26(22)18-9-5-2-6-10-18)16-11-13-19(14-12-16)27(29)30/h2,5-6,9-14,17H,1,3-4,7-8,15H2,(H,23,28). The summed E-state index contributed by atoms with van der Waals surface area (Å²) in [6.07, 6.45) is 5.66. The van der Waals surface area contributed by atoms with Gasteiger partial charge in [0.1, 0.15) is 0 Å². The highest BCUT2D eigenvalue weighted by Crippen LogP contribution is 2.29. The molecule has 1 amide bonds. The van der Waals surface area contributed by atoms with Crippen LogP contribution in [0.5, 0.6) is 0 Å². The molecule has 1 fully saturated rings. The van der Waals surface area contributed by atoms with Gasteiger partial charge in [0, 0.05) is 29.4 Å². The van der Waals surface area contributed by atoms with E-state index in [0.29, 0.717) is 16.5 Å². The van der Waals surface area contributed by atoms with Gasteiger partial charge in [-0.3, -0.25) is 19.5 Å². The monoisotopic (exact) mass is 437 g/mol. The molecule has 0 spiro atoms. The third-order valence-corrected chi connectivity index (χ3v) is 6.22. The molecular weight excluding hydrogens is 414 g/mol. The molecule has 9 heteroatoms. The zero-order valence-corrected chi connectivity index (χ0v) is 17.8. The number of hydrogen-bond donors (Lipinski definition) is 1. The molecule has 1 N–H and O–H groups in total. The van der Waals surface area contributed by atoms with E-state index in [-0.39, 0.29) is 23.4 Å². The molecule has 1 aromatic heterocycles. The Labute approximate surface area is 184 Å². The first kappa shape index (κ1) is 21.0. The first-order valence-corrected chi connectivity index (χ1v) is 11.3. The van der Waals surface area contributed by atoms with Gasteiger partial charge >= 0.3 is 0 Å². The Kier molecular flexibility index (Phi) is 6.61. The van der Waals surface area contributed by atoms with Crippen molar-refractivity contribution in [2.24, 2.45) is 0 Å². The second-order valence-corrected chi connectivity index (χ2v) is 8.41. The van der Waals surface area contributed by atoms with Crippen LogP contribution < -0.4 is 5.32 Å². The van der Waals surface area contributed by atoms with Gasteiger partial charge in [-0.15, -0.1) is 10.2 Å². The van der Waals surface area contributed by atoms with Crippen molar-refractivity contribution in [3.8, 4) is 17.1 Å². The molecule has 0 bridgehead atoms. The topological polar surface area (TPSA) is 103 Å². The molecule has 1 aliphatic rings. The minimum absolute atomic E-state index is 0.00334. The highest BCUT2D eigenvalue weighted by atomic mass is 32.2. The van der Waals surface area contributed by atoms with Gasteiger partial charge in [-0.2, -0.15) is 0 Å². The number of amides is 1. The third-order valence-electron chi connectivity index (χ3n) is 5.29. The van der Waals surface area contributed by atoms with E-state index < -0.39 is 4.92 Å². The normalized spacial score (nSPS) is 14.3. The summed E-state index contributed by atoms with van der Waals surface area (Å²) in [4.78, 5) is 23.0. The van der Waals surface area contributed by atoms with Gasteiger partial charge in [-0.05, 0) is 37.1 Å².